The zero-order valence-corrected chi connectivity index (χ0v) is 18.0. The second-order valence-electron chi connectivity index (χ2n) is 7.02. The van der Waals surface area contributed by atoms with Gasteiger partial charge >= 0.3 is 0 Å². The molecule has 1 aromatic heterocycles. The number of aromatic nitrogens is 2. The van der Waals surface area contributed by atoms with Crippen LogP contribution in [0, 0.1) is 12.7 Å². The summed E-state index contributed by atoms with van der Waals surface area (Å²) < 4.78 is 44.5. The van der Waals surface area contributed by atoms with Gasteiger partial charge in [0, 0.05) is 23.3 Å². The van der Waals surface area contributed by atoms with Gasteiger partial charge in [0.15, 0.2) is 0 Å². The Bertz CT molecular complexity index is 1230. The zero-order valence-electron chi connectivity index (χ0n) is 16.4. The molecule has 2 aromatic carbocycles. The first-order valence-electron chi connectivity index (χ1n) is 8.89. The topological polar surface area (TPSA) is 73.1 Å². The van der Waals surface area contributed by atoms with E-state index in [2.05, 4.69) is 4.72 Å². The first-order valence-corrected chi connectivity index (χ1v) is 10.8. The highest BCUT2D eigenvalue weighted by molar-refractivity contribution is 7.92. The van der Waals surface area contributed by atoms with Crippen LogP contribution in [0.25, 0.3) is 5.69 Å². The summed E-state index contributed by atoms with van der Waals surface area (Å²) in [6.45, 7) is 5.77. The van der Waals surface area contributed by atoms with Crippen molar-refractivity contribution in [2.45, 2.75) is 31.6 Å². The highest BCUT2D eigenvalue weighted by Gasteiger charge is 2.20. The van der Waals surface area contributed by atoms with Crippen LogP contribution < -0.4 is 10.3 Å². The van der Waals surface area contributed by atoms with E-state index in [0.717, 1.165) is 11.8 Å². The van der Waals surface area contributed by atoms with Crippen LogP contribution in [0.3, 0.4) is 0 Å². The number of hydrogen-bond acceptors (Lipinski definition) is 3. The van der Waals surface area contributed by atoms with Gasteiger partial charge in [-0.15, -0.1) is 0 Å². The van der Waals surface area contributed by atoms with Gasteiger partial charge in [-0.1, -0.05) is 25.4 Å². The van der Waals surface area contributed by atoms with E-state index in [9.17, 15) is 17.6 Å². The van der Waals surface area contributed by atoms with E-state index in [1.165, 1.54) is 41.1 Å². The molecule has 154 valence electrons. The largest absolute Gasteiger partial charge is 0.285 e. The van der Waals surface area contributed by atoms with E-state index in [-0.39, 0.29) is 27.1 Å². The number of halogens is 2. The molecule has 1 heterocycles. The summed E-state index contributed by atoms with van der Waals surface area (Å²) in [5, 5.41) is 0.207. The number of anilines is 1. The molecule has 3 aromatic rings. The molecule has 0 atom stereocenters. The van der Waals surface area contributed by atoms with Crippen LogP contribution in [-0.4, -0.2) is 17.8 Å². The first kappa shape index (κ1) is 21.1. The van der Waals surface area contributed by atoms with Crippen LogP contribution in [0.5, 0.6) is 0 Å². The minimum Gasteiger partial charge on any atom is -0.285 e. The number of benzene rings is 2. The van der Waals surface area contributed by atoms with Crippen LogP contribution in [0.4, 0.5) is 10.1 Å². The lowest BCUT2D eigenvalue weighted by atomic mass is 10.0. The fourth-order valence-electron chi connectivity index (χ4n) is 3.23. The maximum absolute atomic E-state index is 13.9. The molecule has 6 nitrogen and oxygen atoms in total. The van der Waals surface area contributed by atoms with E-state index >= 15 is 0 Å². The highest BCUT2D eigenvalue weighted by Crippen LogP contribution is 2.24. The summed E-state index contributed by atoms with van der Waals surface area (Å²) in [6.07, 6.45) is 0. The third-order valence-corrected chi connectivity index (χ3v) is 6.36. The molecule has 3 rings (SSSR count). The number of sulfonamides is 1. The van der Waals surface area contributed by atoms with Crippen molar-refractivity contribution in [1.29, 1.82) is 0 Å². The molecule has 0 spiro atoms. The summed E-state index contributed by atoms with van der Waals surface area (Å²) >= 11 is 5.81. The van der Waals surface area contributed by atoms with Crippen molar-refractivity contribution >= 4 is 27.3 Å². The zero-order chi connectivity index (χ0) is 21.5. The van der Waals surface area contributed by atoms with Gasteiger partial charge in [0.2, 0.25) is 0 Å². The van der Waals surface area contributed by atoms with Crippen molar-refractivity contribution in [3.63, 3.8) is 0 Å². The van der Waals surface area contributed by atoms with Gasteiger partial charge < -0.3 is 0 Å². The summed E-state index contributed by atoms with van der Waals surface area (Å²) in [7, 11) is -2.26. The van der Waals surface area contributed by atoms with Gasteiger partial charge in [-0.05, 0) is 55.3 Å². The number of nitrogens with one attached hydrogen (secondary N) is 1. The summed E-state index contributed by atoms with van der Waals surface area (Å²) in [5.74, 6) is -0.673. The standard InChI is InChI=1S/C20H21ClFN3O3S/c1-12(2)19-13(3)24(4)25(20(19)26)15-6-8-16(9-7-15)29(27,28)23-18-11-14(21)5-10-17(18)22/h5-12,23H,1-4H3. The van der Waals surface area contributed by atoms with Crippen LogP contribution >= 0.6 is 11.6 Å². The van der Waals surface area contributed by atoms with E-state index in [0.29, 0.717) is 11.3 Å². The molecule has 0 unspecified atom stereocenters. The number of hydrogen-bond donors (Lipinski definition) is 1. The van der Waals surface area contributed by atoms with Gasteiger partial charge in [0.05, 0.1) is 16.3 Å². The van der Waals surface area contributed by atoms with Gasteiger partial charge in [-0.25, -0.2) is 17.5 Å². The van der Waals surface area contributed by atoms with Crippen molar-refractivity contribution in [1.82, 2.24) is 9.36 Å². The Hall–Kier alpha value is -2.58. The predicted octanol–water partition coefficient (Wildman–Crippen LogP) is 4.20. The van der Waals surface area contributed by atoms with Crippen molar-refractivity contribution in [3.8, 4) is 5.69 Å². The maximum Gasteiger partial charge on any atom is 0.275 e. The van der Waals surface area contributed by atoms with Crippen molar-refractivity contribution < 1.29 is 12.8 Å². The Kier molecular flexibility index (Phi) is 5.60. The summed E-state index contributed by atoms with van der Waals surface area (Å²) in [5.41, 5.74) is 1.70. The molecule has 0 saturated carbocycles. The third-order valence-electron chi connectivity index (χ3n) is 4.74. The van der Waals surface area contributed by atoms with E-state index in [4.69, 9.17) is 11.6 Å². The molecule has 0 saturated heterocycles. The van der Waals surface area contributed by atoms with Gasteiger partial charge in [-0.3, -0.25) is 14.2 Å². The predicted molar refractivity (Wildman–Crippen MR) is 112 cm³/mol. The molecule has 9 heteroatoms. The third kappa shape index (κ3) is 3.95. The second kappa shape index (κ2) is 7.68. The quantitative estimate of drug-likeness (QED) is 0.650. The molecule has 0 bridgehead atoms. The van der Waals surface area contributed by atoms with Crippen molar-refractivity contribution in [2.24, 2.45) is 7.05 Å². The van der Waals surface area contributed by atoms with E-state index < -0.39 is 15.8 Å². The van der Waals surface area contributed by atoms with Crippen LogP contribution in [0.15, 0.2) is 52.2 Å². The monoisotopic (exact) mass is 437 g/mol. The summed E-state index contributed by atoms with van der Waals surface area (Å²) in [4.78, 5) is 12.7. The minimum atomic E-state index is -4.03. The highest BCUT2D eigenvalue weighted by atomic mass is 35.5. The van der Waals surface area contributed by atoms with E-state index in [1.807, 2.05) is 20.8 Å². The Morgan fingerprint density at radius 1 is 1.10 bits per heavy atom. The van der Waals surface area contributed by atoms with Crippen LogP contribution in [0.1, 0.15) is 31.0 Å². The fraction of sp³-hybridized carbons (Fsp3) is 0.250. The Morgan fingerprint density at radius 2 is 1.72 bits per heavy atom. The lowest BCUT2D eigenvalue weighted by Gasteiger charge is -2.11. The molecule has 0 aliphatic carbocycles. The number of rotatable bonds is 5. The molecular weight excluding hydrogens is 417 g/mol. The normalized spacial score (nSPS) is 11.8. The van der Waals surface area contributed by atoms with Gasteiger partial charge in [0.1, 0.15) is 5.82 Å². The minimum absolute atomic E-state index is 0.0615. The molecule has 29 heavy (non-hydrogen) atoms. The molecular formula is C20H21ClFN3O3S. The second-order valence-corrected chi connectivity index (χ2v) is 9.14. The molecule has 0 aliphatic heterocycles. The fourth-order valence-corrected chi connectivity index (χ4v) is 4.46. The van der Waals surface area contributed by atoms with Gasteiger partial charge in [0.25, 0.3) is 15.6 Å². The van der Waals surface area contributed by atoms with Crippen LogP contribution in [0.2, 0.25) is 5.02 Å². The average Bonchev–Trinajstić information content (AvgIpc) is 2.87. The smallest absolute Gasteiger partial charge is 0.275 e. The average molecular weight is 438 g/mol. The van der Waals surface area contributed by atoms with Gasteiger partial charge in [-0.2, -0.15) is 0 Å². The molecule has 0 fully saturated rings. The first-order chi connectivity index (χ1) is 13.5. The van der Waals surface area contributed by atoms with E-state index in [1.54, 1.807) is 11.7 Å². The Balaban J connectivity index is 1.98. The molecule has 0 radical (unpaired) electrons. The lowest BCUT2D eigenvalue weighted by Crippen LogP contribution is -2.21. The van der Waals surface area contributed by atoms with Crippen molar-refractivity contribution in [2.75, 3.05) is 4.72 Å². The number of nitrogens with zero attached hydrogens (tertiary/aromatic N) is 2. The summed E-state index contributed by atoms with van der Waals surface area (Å²) in [6, 6.07) is 9.41. The Labute approximate surface area is 173 Å². The van der Waals surface area contributed by atoms with Crippen molar-refractivity contribution in [3.05, 3.63) is 74.9 Å². The lowest BCUT2D eigenvalue weighted by molar-refractivity contribution is 0.598. The SMILES string of the molecule is Cc1c(C(C)C)c(=O)n(-c2ccc(S(=O)(=O)Nc3cc(Cl)ccc3F)cc2)n1C. The molecule has 0 amide bonds. The van der Waals surface area contributed by atoms with Crippen LogP contribution in [-0.2, 0) is 17.1 Å². The molecule has 1 N–H and O–H groups in total. The molecule has 0 aliphatic rings. The maximum atomic E-state index is 13.9. The Morgan fingerprint density at radius 3 is 2.28 bits per heavy atom.